The van der Waals surface area contributed by atoms with Crippen molar-refractivity contribution < 1.29 is 19.4 Å². The van der Waals surface area contributed by atoms with Crippen molar-refractivity contribution in [2.24, 2.45) is 5.92 Å². The highest BCUT2D eigenvalue weighted by Gasteiger charge is 2.42. The molecule has 2 unspecified atom stereocenters. The number of benzene rings is 1. The van der Waals surface area contributed by atoms with Crippen molar-refractivity contribution in [2.45, 2.75) is 29.5 Å². The molecule has 1 heterocycles. The number of carboxylic acid groups (broad SMARTS) is 1. The van der Waals surface area contributed by atoms with Gasteiger partial charge in [0, 0.05) is 5.25 Å². The van der Waals surface area contributed by atoms with Crippen molar-refractivity contribution in [1.82, 2.24) is 5.32 Å². The van der Waals surface area contributed by atoms with Crippen LogP contribution in [0.4, 0.5) is 0 Å². The van der Waals surface area contributed by atoms with Gasteiger partial charge in [-0.25, -0.2) is 10.9 Å². The van der Waals surface area contributed by atoms with Gasteiger partial charge in [0.2, 0.25) is 0 Å². The van der Waals surface area contributed by atoms with E-state index in [-0.39, 0.29) is 5.25 Å². The topological polar surface area (TPSA) is 67.8 Å². The molecule has 4 atom stereocenters. The van der Waals surface area contributed by atoms with Crippen LogP contribution in [0, 0.1) is 5.92 Å². The zero-order chi connectivity index (χ0) is 16.3. The third-order valence-electron chi connectivity index (χ3n) is 4.38. The molecule has 0 amide bonds. The van der Waals surface area contributed by atoms with E-state index in [0.717, 1.165) is 28.6 Å². The van der Waals surface area contributed by atoms with E-state index in [1.54, 1.807) is 21.3 Å². The van der Waals surface area contributed by atoms with E-state index in [2.05, 4.69) is 12.2 Å². The first-order chi connectivity index (χ1) is 10.5. The minimum Gasteiger partial charge on any atom is -0.496 e. The maximum absolute atomic E-state index is 11.6. The first-order valence-electron chi connectivity index (χ1n) is 7.42. The van der Waals surface area contributed by atoms with Gasteiger partial charge in [0.05, 0.1) is 19.1 Å². The van der Waals surface area contributed by atoms with Crippen LogP contribution in [-0.2, 0) is 4.79 Å². The maximum atomic E-state index is 11.6. The maximum Gasteiger partial charge on any atom is 0.321 e. The smallest absolute Gasteiger partial charge is 0.321 e. The van der Waals surface area contributed by atoms with E-state index in [0.29, 0.717) is 5.92 Å². The molecule has 1 aromatic rings. The van der Waals surface area contributed by atoms with Crippen LogP contribution in [-0.4, -0.2) is 49.4 Å². The summed E-state index contributed by atoms with van der Waals surface area (Å²) in [7, 11) is 4.35. The van der Waals surface area contributed by atoms with Gasteiger partial charge >= 0.3 is 5.97 Å². The molecule has 1 aromatic carbocycles. The summed E-state index contributed by atoms with van der Waals surface area (Å²) in [5.41, 5.74) is 0. The van der Waals surface area contributed by atoms with E-state index >= 15 is 0 Å². The number of thiol groups is 1. The molecular formula is C16H25NO4S. The molecule has 0 saturated carbocycles. The molecule has 2 rings (SSSR count). The van der Waals surface area contributed by atoms with Crippen molar-refractivity contribution in [3.63, 3.8) is 0 Å². The summed E-state index contributed by atoms with van der Waals surface area (Å²) >= 11 is 0. The predicted molar refractivity (Wildman–Crippen MR) is 89.7 cm³/mol. The number of hydrogen-bond donors (Lipinski definition) is 3. The minimum absolute atomic E-state index is 0.0719. The number of nitrogens with one attached hydrogen (secondary N) is 1. The molecule has 0 radical (unpaired) electrons. The molecule has 0 spiro atoms. The van der Waals surface area contributed by atoms with Crippen LogP contribution >= 0.6 is 10.9 Å². The molecule has 1 saturated heterocycles. The molecule has 1 fully saturated rings. The second-order valence-electron chi connectivity index (χ2n) is 5.57. The molecule has 22 heavy (non-hydrogen) atoms. The van der Waals surface area contributed by atoms with Crippen molar-refractivity contribution >= 4 is 16.9 Å². The Hall–Kier alpha value is -1.40. The average Bonchev–Trinajstić information content (AvgIpc) is 2.88. The van der Waals surface area contributed by atoms with Gasteiger partial charge in [-0.05, 0) is 37.3 Å². The lowest BCUT2D eigenvalue weighted by Crippen LogP contribution is -2.45. The van der Waals surface area contributed by atoms with Crippen molar-refractivity contribution in [2.75, 3.05) is 27.0 Å². The van der Waals surface area contributed by atoms with Crippen LogP contribution < -0.4 is 14.8 Å². The lowest BCUT2D eigenvalue weighted by Gasteiger charge is -2.33. The number of methoxy groups -OCH3 is 2. The SMILES string of the molecule is CNC(C(=O)O)[C@H]1[C@H](C)CC[SH]1c1c(OC)cccc1OC. The van der Waals surface area contributed by atoms with Gasteiger partial charge < -0.3 is 19.9 Å². The number of carboxylic acids is 1. The highest BCUT2D eigenvalue weighted by Crippen LogP contribution is 2.58. The number of aliphatic carboxylic acids is 1. The Kier molecular flexibility index (Phi) is 5.58. The van der Waals surface area contributed by atoms with Crippen molar-refractivity contribution in [3.8, 4) is 11.5 Å². The Morgan fingerprint density at radius 2 is 1.95 bits per heavy atom. The van der Waals surface area contributed by atoms with Gasteiger partial charge in [0.25, 0.3) is 0 Å². The monoisotopic (exact) mass is 327 g/mol. The zero-order valence-corrected chi connectivity index (χ0v) is 14.4. The van der Waals surface area contributed by atoms with Gasteiger partial charge in [-0.2, -0.15) is 0 Å². The molecule has 2 N–H and O–H groups in total. The summed E-state index contributed by atoms with van der Waals surface area (Å²) in [6, 6.07) is 5.21. The summed E-state index contributed by atoms with van der Waals surface area (Å²) in [6.45, 7) is 2.14. The van der Waals surface area contributed by atoms with Crippen LogP contribution in [0.15, 0.2) is 23.1 Å². The Morgan fingerprint density at radius 3 is 2.41 bits per heavy atom. The van der Waals surface area contributed by atoms with Crippen LogP contribution in [0.25, 0.3) is 0 Å². The highest BCUT2D eigenvalue weighted by molar-refractivity contribution is 8.18. The molecule has 0 aliphatic carbocycles. The molecule has 0 bridgehead atoms. The Bertz CT molecular complexity index is 515. The zero-order valence-electron chi connectivity index (χ0n) is 13.5. The third-order valence-corrected chi connectivity index (χ3v) is 7.66. The van der Waals surface area contributed by atoms with E-state index in [1.807, 2.05) is 18.2 Å². The van der Waals surface area contributed by atoms with Crippen LogP contribution in [0.5, 0.6) is 11.5 Å². The number of carbonyl (C=O) groups is 1. The summed E-state index contributed by atoms with van der Waals surface area (Å²) in [6.07, 6.45) is 1.03. The molecule has 1 aliphatic rings. The van der Waals surface area contributed by atoms with Gasteiger partial charge in [0.15, 0.2) is 0 Å². The van der Waals surface area contributed by atoms with Crippen LogP contribution in [0.2, 0.25) is 0 Å². The molecule has 1 aliphatic heterocycles. The van der Waals surface area contributed by atoms with Crippen LogP contribution in [0.1, 0.15) is 13.3 Å². The van der Waals surface area contributed by atoms with Gasteiger partial charge in [-0.15, -0.1) is 0 Å². The Morgan fingerprint density at radius 1 is 1.36 bits per heavy atom. The van der Waals surface area contributed by atoms with Crippen LogP contribution in [0.3, 0.4) is 0 Å². The Balaban J connectivity index is 2.48. The second-order valence-corrected chi connectivity index (χ2v) is 8.00. The highest BCUT2D eigenvalue weighted by atomic mass is 32.2. The summed E-state index contributed by atoms with van der Waals surface area (Å²) in [5.74, 6) is 2.16. The Labute approximate surface area is 134 Å². The number of rotatable bonds is 6. The first kappa shape index (κ1) is 17.0. The van der Waals surface area contributed by atoms with E-state index in [9.17, 15) is 9.90 Å². The summed E-state index contributed by atoms with van der Waals surface area (Å²) in [4.78, 5) is 12.7. The quantitative estimate of drug-likeness (QED) is 0.699. The second kappa shape index (κ2) is 7.24. The fourth-order valence-corrected chi connectivity index (χ4v) is 7.10. The minimum atomic E-state index is -0.789. The number of hydrogen-bond acceptors (Lipinski definition) is 4. The van der Waals surface area contributed by atoms with E-state index < -0.39 is 22.9 Å². The van der Waals surface area contributed by atoms with Crippen molar-refractivity contribution in [1.29, 1.82) is 0 Å². The normalized spacial score (nSPS) is 27.4. The average molecular weight is 327 g/mol. The van der Waals surface area contributed by atoms with Gasteiger partial charge in [0.1, 0.15) is 17.5 Å². The number of ether oxygens (including phenoxy) is 2. The first-order valence-corrected chi connectivity index (χ1v) is 9.02. The summed E-state index contributed by atoms with van der Waals surface area (Å²) in [5, 5.41) is 12.6. The molecule has 124 valence electrons. The lowest BCUT2D eigenvalue weighted by molar-refractivity contribution is -0.139. The summed E-state index contributed by atoms with van der Waals surface area (Å²) < 4.78 is 11.1. The van der Waals surface area contributed by atoms with E-state index in [4.69, 9.17) is 9.47 Å². The van der Waals surface area contributed by atoms with E-state index in [1.165, 1.54) is 0 Å². The predicted octanol–water partition coefficient (Wildman–Crippen LogP) is 2.14. The molecule has 5 nitrogen and oxygen atoms in total. The standard InChI is InChI=1S/C16H25NO4S/c1-10-8-9-22(14(10)13(17-2)16(18)19)15-11(20-3)6-5-7-12(15)21-4/h5-7,10,13-14,17,22H,8-9H2,1-4H3,(H,18,19)/t10-,13?,14-/m1/s1. The van der Waals surface area contributed by atoms with Crippen molar-refractivity contribution in [3.05, 3.63) is 18.2 Å². The largest absolute Gasteiger partial charge is 0.496 e. The fraction of sp³-hybridized carbons (Fsp3) is 0.562. The molecular weight excluding hydrogens is 302 g/mol. The lowest BCUT2D eigenvalue weighted by atomic mass is 9.99. The van der Waals surface area contributed by atoms with Gasteiger partial charge in [-0.1, -0.05) is 13.0 Å². The third kappa shape index (κ3) is 3.03. The number of likely N-dealkylation sites (N-methyl/N-ethyl adjacent to an activating group) is 1. The molecule has 6 heteroatoms. The van der Waals surface area contributed by atoms with Gasteiger partial charge in [-0.3, -0.25) is 4.79 Å². The molecule has 0 aromatic heterocycles. The fourth-order valence-electron chi connectivity index (χ4n) is 3.29.